The molecule has 3 aromatic rings. The van der Waals surface area contributed by atoms with Gasteiger partial charge in [0.2, 0.25) is 5.88 Å². The van der Waals surface area contributed by atoms with E-state index in [0.29, 0.717) is 18.1 Å². The van der Waals surface area contributed by atoms with E-state index in [9.17, 15) is 4.79 Å². The minimum absolute atomic E-state index is 0.0692. The number of rotatable bonds is 7. The molecule has 0 radical (unpaired) electrons. The number of amides is 1. The third-order valence-corrected chi connectivity index (χ3v) is 5.06. The Labute approximate surface area is 180 Å². The Hall–Kier alpha value is -3.50. The second-order valence-electron chi connectivity index (χ2n) is 7.23. The van der Waals surface area contributed by atoms with Gasteiger partial charge in [-0.3, -0.25) is 9.69 Å². The number of anilines is 2. The topological polar surface area (TPSA) is 120 Å². The minimum Gasteiger partial charge on any atom is -0.481 e. The second-order valence-corrected chi connectivity index (χ2v) is 7.23. The number of methoxy groups -OCH3 is 1. The van der Waals surface area contributed by atoms with Crippen LogP contribution in [-0.2, 0) is 17.8 Å². The van der Waals surface area contributed by atoms with Crippen LogP contribution in [0.15, 0.2) is 42.6 Å². The number of aromatic nitrogens is 4. The Kier molecular flexibility index (Phi) is 6.39. The SMILES string of the molecule is COc1cc(NC(=O)c2nnn(Cc3ccc(CN4CCOCC4)cc3)c2N)ccn1. The van der Waals surface area contributed by atoms with E-state index in [-0.39, 0.29) is 11.5 Å². The maximum absolute atomic E-state index is 12.6. The number of pyridine rings is 1. The van der Waals surface area contributed by atoms with Gasteiger partial charge in [0.25, 0.3) is 5.91 Å². The zero-order valence-electron chi connectivity index (χ0n) is 17.3. The van der Waals surface area contributed by atoms with Crippen molar-refractivity contribution in [2.75, 3.05) is 44.5 Å². The summed E-state index contributed by atoms with van der Waals surface area (Å²) in [5.41, 5.74) is 9.00. The molecule has 1 aliphatic rings. The Morgan fingerprint density at radius 2 is 1.87 bits per heavy atom. The molecule has 162 valence electrons. The first-order chi connectivity index (χ1) is 15.1. The van der Waals surface area contributed by atoms with Gasteiger partial charge in [-0.2, -0.15) is 0 Å². The fourth-order valence-electron chi connectivity index (χ4n) is 3.33. The molecule has 0 saturated carbocycles. The number of hydrogen-bond acceptors (Lipinski definition) is 8. The second kappa shape index (κ2) is 9.54. The summed E-state index contributed by atoms with van der Waals surface area (Å²) in [6, 6.07) is 11.5. The number of carbonyl (C=O) groups is 1. The predicted molar refractivity (Wildman–Crippen MR) is 115 cm³/mol. The predicted octanol–water partition coefficient (Wildman–Crippen LogP) is 1.40. The smallest absolute Gasteiger partial charge is 0.280 e. The van der Waals surface area contributed by atoms with Crippen molar-refractivity contribution in [1.82, 2.24) is 24.9 Å². The van der Waals surface area contributed by atoms with Crippen molar-refractivity contribution in [2.24, 2.45) is 0 Å². The molecule has 10 nitrogen and oxygen atoms in total. The number of nitrogen functional groups attached to an aromatic ring is 1. The maximum atomic E-state index is 12.6. The lowest BCUT2D eigenvalue weighted by atomic mass is 10.1. The number of morpholine rings is 1. The van der Waals surface area contributed by atoms with Crippen LogP contribution in [-0.4, -0.2) is 64.2 Å². The van der Waals surface area contributed by atoms with Crippen molar-refractivity contribution >= 4 is 17.4 Å². The van der Waals surface area contributed by atoms with Gasteiger partial charge in [-0.1, -0.05) is 29.5 Å². The fraction of sp³-hybridized carbons (Fsp3) is 0.333. The first-order valence-corrected chi connectivity index (χ1v) is 10.0. The van der Waals surface area contributed by atoms with Crippen molar-refractivity contribution in [3.63, 3.8) is 0 Å². The molecule has 1 aliphatic heterocycles. The molecule has 0 aliphatic carbocycles. The van der Waals surface area contributed by atoms with E-state index < -0.39 is 5.91 Å². The normalized spacial score (nSPS) is 14.4. The highest BCUT2D eigenvalue weighted by atomic mass is 16.5. The lowest BCUT2D eigenvalue weighted by Crippen LogP contribution is -2.35. The summed E-state index contributed by atoms with van der Waals surface area (Å²) in [5.74, 6) is 0.153. The number of nitrogens with one attached hydrogen (secondary N) is 1. The number of ether oxygens (including phenoxy) is 2. The molecule has 1 fully saturated rings. The number of carbonyl (C=O) groups excluding carboxylic acids is 1. The Morgan fingerprint density at radius 1 is 1.16 bits per heavy atom. The van der Waals surface area contributed by atoms with Gasteiger partial charge in [0.15, 0.2) is 11.5 Å². The van der Waals surface area contributed by atoms with Crippen LogP contribution in [0, 0.1) is 0 Å². The van der Waals surface area contributed by atoms with Crippen LogP contribution in [0.25, 0.3) is 0 Å². The van der Waals surface area contributed by atoms with Crippen LogP contribution in [0.2, 0.25) is 0 Å². The first-order valence-electron chi connectivity index (χ1n) is 10.0. The molecule has 1 saturated heterocycles. The van der Waals surface area contributed by atoms with Gasteiger partial charge < -0.3 is 20.5 Å². The Morgan fingerprint density at radius 3 is 2.58 bits per heavy atom. The molecule has 2 aromatic heterocycles. The van der Waals surface area contributed by atoms with Crippen LogP contribution in [0.4, 0.5) is 11.5 Å². The van der Waals surface area contributed by atoms with Crippen LogP contribution in [0.1, 0.15) is 21.6 Å². The molecule has 1 amide bonds. The average molecular weight is 423 g/mol. The lowest BCUT2D eigenvalue weighted by molar-refractivity contribution is 0.0342. The number of nitrogens with two attached hydrogens (primary N) is 1. The van der Waals surface area contributed by atoms with E-state index in [1.807, 2.05) is 12.1 Å². The highest BCUT2D eigenvalue weighted by Gasteiger charge is 2.18. The van der Waals surface area contributed by atoms with E-state index >= 15 is 0 Å². The van der Waals surface area contributed by atoms with Gasteiger partial charge in [-0.05, 0) is 17.2 Å². The molecule has 3 N–H and O–H groups in total. The van der Waals surface area contributed by atoms with Gasteiger partial charge in [0, 0.05) is 37.6 Å². The molecule has 0 spiro atoms. The first kappa shape index (κ1) is 20.8. The summed E-state index contributed by atoms with van der Waals surface area (Å²) in [6.07, 6.45) is 1.54. The number of benzene rings is 1. The van der Waals surface area contributed by atoms with Gasteiger partial charge in [0.1, 0.15) is 0 Å². The lowest BCUT2D eigenvalue weighted by Gasteiger charge is -2.26. The third-order valence-electron chi connectivity index (χ3n) is 5.06. The molecular weight excluding hydrogens is 398 g/mol. The highest BCUT2D eigenvalue weighted by molar-refractivity contribution is 6.05. The maximum Gasteiger partial charge on any atom is 0.280 e. The standard InChI is InChI=1S/C21H25N7O3/c1-30-18-12-17(6-7-23-18)24-21(29)19-20(22)28(26-25-19)14-16-4-2-15(3-5-16)13-27-8-10-31-11-9-27/h2-7,12H,8-11,13-14,22H2,1H3,(H,23,24,29). The largest absolute Gasteiger partial charge is 0.481 e. The average Bonchev–Trinajstić information content (AvgIpc) is 3.16. The van der Waals surface area contributed by atoms with Crippen molar-refractivity contribution < 1.29 is 14.3 Å². The molecule has 0 bridgehead atoms. The van der Waals surface area contributed by atoms with Gasteiger partial charge >= 0.3 is 0 Å². The van der Waals surface area contributed by atoms with E-state index in [2.05, 4.69) is 37.6 Å². The Balaban J connectivity index is 1.39. The van der Waals surface area contributed by atoms with Crippen molar-refractivity contribution in [3.8, 4) is 5.88 Å². The minimum atomic E-state index is -0.446. The van der Waals surface area contributed by atoms with Crippen LogP contribution in [0.3, 0.4) is 0 Å². The molecule has 31 heavy (non-hydrogen) atoms. The number of hydrogen-bond donors (Lipinski definition) is 2. The molecule has 4 rings (SSSR count). The molecular formula is C21H25N7O3. The summed E-state index contributed by atoms with van der Waals surface area (Å²) in [6.45, 7) is 4.80. The zero-order chi connectivity index (χ0) is 21.6. The van der Waals surface area contributed by atoms with E-state index in [1.165, 1.54) is 23.6 Å². The highest BCUT2D eigenvalue weighted by Crippen LogP contribution is 2.17. The molecule has 1 aromatic carbocycles. The summed E-state index contributed by atoms with van der Waals surface area (Å²) < 4.78 is 12.0. The summed E-state index contributed by atoms with van der Waals surface area (Å²) >= 11 is 0. The van der Waals surface area contributed by atoms with Crippen molar-refractivity contribution in [2.45, 2.75) is 13.1 Å². The van der Waals surface area contributed by atoms with Gasteiger partial charge in [-0.15, -0.1) is 5.10 Å². The zero-order valence-corrected chi connectivity index (χ0v) is 17.3. The van der Waals surface area contributed by atoms with Crippen LogP contribution < -0.4 is 15.8 Å². The van der Waals surface area contributed by atoms with E-state index in [0.717, 1.165) is 38.4 Å². The van der Waals surface area contributed by atoms with E-state index in [4.69, 9.17) is 15.2 Å². The van der Waals surface area contributed by atoms with Gasteiger partial charge in [0.05, 0.1) is 26.9 Å². The number of nitrogens with zero attached hydrogens (tertiary/aromatic N) is 5. The fourth-order valence-corrected chi connectivity index (χ4v) is 3.33. The molecule has 0 atom stereocenters. The van der Waals surface area contributed by atoms with Crippen LogP contribution >= 0.6 is 0 Å². The summed E-state index contributed by atoms with van der Waals surface area (Å²) in [5, 5.41) is 10.7. The quantitative estimate of drug-likeness (QED) is 0.585. The van der Waals surface area contributed by atoms with E-state index in [1.54, 1.807) is 12.1 Å². The van der Waals surface area contributed by atoms with Gasteiger partial charge in [-0.25, -0.2) is 9.67 Å². The summed E-state index contributed by atoms with van der Waals surface area (Å²) in [4.78, 5) is 18.9. The molecule has 3 heterocycles. The Bertz CT molecular complexity index is 1030. The van der Waals surface area contributed by atoms with Crippen LogP contribution in [0.5, 0.6) is 5.88 Å². The van der Waals surface area contributed by atoms with Crippen molar-refractivity contribution in [3.05, 3.63) is 59.4 Å². The summed E-state index contributed by atoms with van der Waals surface area (Å²) in [7, 11) is 1.51. The third kappa shape index (κ3) is 5.16. The molecule has 0 unspecified atom stereocenters. The molecule has 10 heteroatoms. The van der Waals surface area contributed by atoms with Crippen molar-refractivity contribution in [1.29, 1.82) is 0 Å². The monoisotopic (exact) mass is 423 g/mol.